The van der Waals surface area contributed by atoms with Gasteiger partial charge in [-0.1, -0.05) is 0 Å². The maximum absolute atomic E-state index is 4.19. The fourth-order valence-corrected chi connectivity index (χ4v) is 1.43. The first-order valence-electron chi connectivity index (χ1n) is 4.60. The topological polar surface area (TPSA) is 49.8 Å². The second-order valence-corrected chi connectivity index (χ2v) is 3.42. The van der Waals surface area contributed by atoms with Crippen LogP contribution in [0.3, 0.4) is 0 Å². The van der Waals surface area contributed by atoms with Crippen LogP contribution in [0.4, 0.5) is 5.95 Å². The molecular formula is C9H14N4. The lowest BCUT2D eigenvalue weighted by atomic mass is 10.3. The maximum Gasteiger partial charge on any atom is 0.222 e. The van der Waals surface area contributed by atoms with Crippen LogP contribution in [0.1, 0.15) is 12.0 Å². The van der Waals surface area contributed by atoms with Gasteiger partial charge in [0.05, 0.1) is 0 Å². The molecule has 4 heteroatoms. The molecule has 2 rings (SSSR count). The van der Waals surface area contributed by atoms with Gasteiger partial charge in [-0.2, -0.15) is 0 Å². The largest absolute Gasteiger partial charge is 0.350 e. The zero-order chi connectivity index (χ0) is 9.10. The van der Waals surface area contributed by atoms with Crippen LogP contribution in [0.25, 0.3) is 0 Å². The van der Waals surface area contributed by atoms with E-state index in [9.17, 15) is 0 Å². The van der Waals surface area contributed by atoms with Gasteiger partial charge in [-0.05, 0) is 25.5 Å². The van der Waals surface area contributed by atoms with Crippen molar-refractivity contribution in [1.82, 2.24) is 15.3 Å². The van der Waals surface area contributed by atoms with E-state index < -0.39 is 0 Å². The van der Waals surface area contributed by atoms with Gasteiger partial charge in [0.25, 0.3) is 0 Å². The Hall–Kier alpha value is -1.16. The third-order valence-corrected chi connectivity index (χ3v) is 2.17. The highest BCUT2D eigenvalue weighted by molar-refractivity contribution is 5.26. The van der Waals surface area contributed by atoms with Crippen LogP contribution < -0.4 is 10.6 Å². The van der Waals surface area contributed by atoms with E-state index in [1.807, 2.05) is 19.3 Å². The van der Waals surface area contributed by atoms with E-state index >= 15 is 0 Å². The summed E-state index contributed by atoms with van der Waals surface area (Å²) in [5, 5.41) is 6.57. The molecule has 0 saturated carbocycles. The summed E-state index contributed by atoms with van der Waals surface area (Å²) in [7, 11) is 0. The number of nitrogens with zero attached hydrogens (tertiary/aromatic N) is 2. The number of hydrogen-bond acceptors (Lipinski definition) is 4. The minimum absolute atomic E-state index is 0.489. The van der Waals surface area contributed by atoms with Gasteiger partial charge in [-0.3, -0.25) is 0 Å². The molecule has 1 aliphatic rings. The predicted molar refractivity (Wildman–Crippen MR) is 51.7 cm³/mol. The van der Waals surface area contributed by atoms with Gasteiger partial charge in [0.15, 0.2) is 0 Å². The van der Waals surface area contributed by atoms with E-state index in [-0.39, 0.29) is 0 Å². The van der Waals surface area contributed by atoms with Crippen LogP contribution in [0.2, 0.25) is 0 Å². The maximum atomic E-state index is 4.19. The monoisotopic (exact) mass is 178 g/mol. The van der Waals surface area contributed by atoms with Crippen LogP contribution in [-0.2, 0) is 0 Å². The van der Waals surface area contributed by atoms with E-state index in [4.69, 9.17) is 0 Å². The second-order valence-electron chi connectivity index (χ2n) is 3.42. The predicted octanol–water partition coefficient (Wildman–Crippen LogP) is 0.559. The average molecular weight is 178 g/mol. The van der Waals surface area contributed by atoms with Crippen molar-refractivity contribution in [2.45, 2.75) is 19.4 Å². The Morgan fingerprint density at radius 1 is 1.46 bits per heavy atom. The fraction of sp³-hybridized carbons (Fsp3) is 0.556. The lowest BCUT2D eigenvalue weighted by Gasteiger charge is -2.10. The molecule has 1 atom stereocenters. The fourth-order valence-electron chi connectivity index (χ4n) is 1.43. The van der Waals surface area contributed by atoms with Gasteiger partial charge in [-0.25, -0.2) is 9.97 Å². The van der Waals surface area contributed by atoms with Crippen molar-refractivity contribution in [1.29, 1.82) is 0 Å². The molecule has 1 aromatic heterocycles. The first kappa shape index (κ1) is 8.44. The molecule has 70 valence electrons. The zero-order valence-electron chi connectivity index (χ0n) is 7.75. The summed E-state index contributed by atoms with van der Waals surface area (Å²) in [5.74, 6) is 0.735. The Labute approximate surface area is 77.8 Å². The first-order chi connectivity index (χ1) is 6.34. The molecule has 4 nitrogen and oxygen atoms in total. The molecule has 0 unspecified atom stereocenters. The molecule has 0 aliphatic carbocycles. The van der Waals surface area contributed by atoms with Gasteiger partial charge < -0.3 is 10.6 Å². The summed E-state index contributed by atoms with van der Waals surface area (Å²) in [6, 6.07) is 0.489. The van der Waals surface area contributed by atoms with Crippen LogP contribution in [0, 0.1) is 6.92 Å². The Balaban J connectivity index is 1.97. The molecule has 1 saturated heterocycles. The van der Waals surface area contributed by atoms with Gasteiger partial charge in [0.2, 0.25) is 5.95 Å². The van der Waals surface area contributed by atoms with Crippen molar-refractivity contribution in [3.8, 4) is 0 Å². The summed E-state index contributed by atoms with van der Waals surface area (Å²) in [5.41, 5.74) is 1.09. The highest BCUT2D eigenvalue weighted by Gasteiger charge is 2.14. The summed E-state index contributed by atoms with van der Waals surface area (Å²) in [6.45, 7) is 4.08. The lowest BCUT2D eigenvalue weighted by Crippen LogP contribution is -2.23. The van der Waals surface area contributed by atoms with Crippen molar-refractivity contribution in [2.24, 2.45) is 0 Å². The Bertz CT molecular complexity index is 263. The standard InChI is InChI=1S/C9H14N4/c1-7-4-11-9(12-5-7)13-8-2-3-10-6-8/h4-5,8,10H,2-3,6H2,1H3,(H,11,12,13)/t8-/m1/s1. The SMILES string of the molecule is Cc1cnc(N[C@@H]2CCNC2)nc1. The molecule has 0 bridgehead atoms. The third kappa shape index (κ3) is 2.15. The van der Waals surface area contributed by atoms with Crippen molar-refractivity contribution in [2.75, 3.05) is 18.4 Å². The summed E-state index contributed by atoms with van der Waals surface area (Å²) < 4.78 is 0. The Morgan fingerprint density at radius 3 is 2.85 bits per heavy atom. The average Bonchev–Trinajstić information content (AvgIpc) is 2.62. The molecule has 0 aromatic carbocycles. The molecule has 1 fully saturated rings. The Kier molecular flexibility index (Phi) is 2.40. The zero-order valence-corrected chi connectivity index (χ0v) is 7.75. The minimum Gasteiger partial charge on any atom is -0.350 e. The molecule has 13 heavy (non-hydrogen) atoms. The van der Waals surface area contributed by atoms with Crippen molar-refractivity contribution >= 4 is 5.95 Å². The quantitative estimate of drug-likeness (QED) is 0.694. The Morgan fingerprint density at radius 2 is 2.23 bits per heavy atom. The summed E-state index contributed by atoms with van der Waals surface area (Å²) in [6.07, 6.45) is 4.81. The van der Waals surface area contributed by atoms with Crippen LogP contribution in [0.15, 0.2) is 12.4 Å². The molecule has 2 N–H and O–H groups in total. The molecule has 0 spiro atoms. The lowest BCUT2D eigenvalue weighted by molar-refractivity contribution is 0.780. The number of hydrogen-bond donors (Lipinski definition) is 2. The normalized spacial score (nSPS) is 21.8. The van der Waals surface area contributed by atoms with Crippen molar-refractivity contribution in [3.63, 3.8) is 0 Å². The number of nitrogens with one attached hydrogen (secondary N) is 2. The van der Waals surface area contributed by atoms with Gasteiger partial charge >= 0.3 is 0 Å². The van der Waals surface area contributed by atoms with Gasteiger partial charge in [-0.15, -0.1) is 0 Å². The van der Waals surface area contributed by atoms with Gasteiger partial charge in [0.1, 0.15) is 0 Å². The summed E-state index contributed by atoms with van der Waals surface area (Å²) in [4.78, 5) is 8.38. The molecule has 0 radical (unpaired) electrons. The van der Waals surface area contributed by atoms with E-state index in [1.54, 1.807) is 0 Å². The van der Waals surface area contributed by atoms with Crippen LogP contribution >= 0.6 is 0 Å². The molecule has 0 amide bonds. The third-order valence-electron chi connectivity index (χ3n) is 2.17. The van der Waals surface area contributed by atoms with E-state index in [1.165, 1.54) is 0 Å². The van der Waals surface area contributed by atoms with Gasteiger partial charge in [0, 0.05) is 25.0 Å². The highest BCUT2D eigenvalue weighted by Crippen LogP contribution is 2.05. The molecule has 1 aliphatic heterocycles. The smallest absolute Gasteiger partial charge is 0.222 e. The van der Waals surface area contributed by atoms with Crippen LogP contribution in [0.5, 0.6) is 0 Å². The van der Waals surface area contributed by atoms with E-state index in [0.717, 1.165) is 31.0 Å². The molecule has 1 aromatic rings. The summed E-state index contributed by atoms with van der Waals surface area (Å²) >= 11 is 0. The highest BCUT2D eigenvalue weighted by atomic mass is 15.1. The number of anilines is 1. The second kappa shape index (κ2) is 3.70. The van der Waals surface area contributed by atoms with E-state index in [0.29, 0.717) is 6.04 Å². The van der Waals surface area contributed by atoms with E-state index in [2.05, 4.69) is 20.6 Å². The van der Waals surface area contributed by atoms with Crippen molar-refractivity contribution in [3.05, 3.63) is 18.0 Å². The molecular weight excluding hydrogens is 164 g/mol. The molecule has 2 heterocycles. The first-order valence-corrected chi connectivity index (χ1v) is 4.60. The number of rotatable bonds is 2. The number of aryl methyl sites for hydroxylation is 1. The van der Waals surface area contributed by atoms with Crippen LogP contribution in [-0.4, -0.2) is 29.1 Å². The van der Waals surface area contributed by atoms with Crippen molar-refractivity contribution < 1.29 is 0 Å². The minimum atomic E-state index is 0.489. The number of aromatic nitrogens is 2.